The molecule has 0 fully saturated rings. The third-order valence-corrected chi connectivity index (χ3v) is 4.13. The third kappa shape index (κ3) is 4.13. The normalized spacial score (nSPS) is 11.9. The molecule has 1 N–H and O–H groups in total. The van der Waals surface area contributed by atoms with E-state index in [9.17, 15) is 4.79 Å². The molecule has 0 aliphatic heterocycles. The van der Waals surface area contributed by atoms with E-state index in [1.54, 1.807) is 0 Å². The molecule has 2 aromatic rings. The Balaban J connectivity index is 2.14. The van der Waals surface area contributed by atoms with Crippen molar-refractivity contribution < 1.29 is 9.53 Å². The summed E-state index contributed by atoms with van der Waals surface area (Å²) in [6.45, 7) is 10.0. The highest BCUT2D eigenvalue weighted by atomic mass is 16.5. The molecule has 0 unspecified atom stereocenters. The minimum atomic E-state index is -0.503. The van der Waals surface area contributed by atoms with Crippen molar-refractivity contribution >= 4 is 11.6 Å². The summed E-state index contributed by atoms with van der Waals surface area (Å²) in [5.74, 6) is 0.653. The summed E-state index contributed by atoms with van der Waals surface area (Å²) < 4.78 is 5.94. The van der Waals surface area contributed by atoms with E-state index < -0.39 is 6.10 Å². The van der Waals surface area contributed by atoms with Crippen LogP contribution >= 0.6 is 0 Å². The van der Waals surface area contributed by atoms with Crippen molar-refractivity contribution in [1.29, 1.82) is 0 Å². The Hall–Kier alpha value is -2.29. The maximum absolute atomic E-state index is 12.6. The first kappa shape index (κ1) is 17.1. The largest absolute Gasteiger partial charge is 0.480 e. The van der Waals surface area contributed by atoms with Gasteiger partial charge in [0.25, 0.3) is 5.91 Å². The van der Waals surface area contributed by atoms with Gasteiger partial charge in [0.1, 0.15) is 5.75 Å². The Bertz CT molecular complexity index is 707. The van der Waals surface area contributed by atoms with Crippen molar-refractivity contribution in [3.8, 4) is 5.75 Å². The molecule has 0 bridgehead atoms. The smallest absolute Gasteiger partial charge is 0.265 e. The molecule has 0 aliphatic rings. The zero-order valence-corrected chi connectivity index (χ0v) is 14.6. The average Bonchev–Trinajstić information content (AvgIpc) is 2.51. The highest BCUT2D eigenvalue weighted by Crippen LogP contribution is 2.22. The van der Waals surface area contributed by atoms with Crippen LogP contribution in [-0.4, -0.2) is 12.0 Å². The number of amides is 1. The second kappa shape index (κ2) is 7.32. The van der Waals surface area contributed by atoms with Crippen LogP contribution in [0.25, 0.3) is 0 Å². The SMILES string of the molecule is CC[C@H](Oc1ccc(C)cc1C)C(=O)Nc1cccc(C)c1C. The standard InChI is InChI=1S/C20H25NO2/c1-6-18(23-19-11-10-13(2)12-15(19)4)20(22)21-17-9-7-8-14(3)16(17)5/h7-12,18H,6H2,1-5H3,(H,21,22)/t18-/m0/s1. The van der Waals surface area contributed by atoms with Crippen molar-refractivity contribution in [2.75, 3.05) is 5.32 Å². The first-order valence-electron chi connectivity index (χ1n) is 8.03. The van der Waals surface area contributed by atoms with Gasteiger partial charge < -0.3 is 10.1 Å². The Morgan fingerprint density at radius 3 is 2.48 bits per heavy atom. The molecule has 1 amide bonds. The number of hydrogen-bond donors (Lipinski definition) is 1. The molecule has 2 rings (SSSR count). The summed E-state index contributed by atoms with van der Waals surface area (Å²) in [5, 5.41) is 2.99. The van der Waals surface area contributed by atoms with Crippen LogP contribution in [-0.2, 0) is 4.79 Å². The second-order valence-corrected chi connectivity index (χ2v) is 6.02. The van der Waals surface area contributed by atoms with Crippen LogP contribution in [0, 0.1) is 27.7 Å². The molecule has 3 heteroatoms. The average molecular weight is 311 g/mol. The van der Waals surface area contributed by atoms with Crippen molar-refractivity contribution in [1.82, 2.24) is 0 Å². The fraction of sp³-hybridized carbons (Fsp3) is 0.350. The molecule has 0 saturated carbocycles. The van der Waals surface area contributed by atoms with Gasteiger partial charge >= 0.3 is 0 Å². The number of carbonyl (C=O) groups is 1. The van der Waals surface area contributed by atoms with Crippen LogP contribution in [0.15, 0.2) is 36.4 Å². The van der Waals surface area contributed by atoms with Crippen molar-refractivity contribution in [3.63, 3.8) is 0 Å². The molecule has 0 aromatic heterocycles. The fourth-order valence-corrected chi connectivity index (χ4v) is 2.51. The maximum Gasteiger partial charge on any atom is 0.265 e. The van der Waals surface area contributed by atoms with Gasteiger partial charge in [-0.15, -0.1) is 0 Å². The number of ether oxygens (including phenoxy) is 1. The summed E-state index contributed by atoms with van der Waals surface area (Å²) in [4.78, 5) is 12.6. The quantitative estimate of drug-likeness (QED) is 0.868. The van der Waals surface area contributed by atoms with Gasteiger partial charge in [-0.3, -0.25) is 4.79 Å². The van der Waals surface area contributed by atoms with Gasteiger partial charge in [0.2, 0.25) is 0 Å². The molecule has 0 aliphatic carbocycles. The molecule has 1 atom stereocenters. The molecule has 0 spiro atoms. The zero-order chi connectivity index (χ0) is 17.0. The Morgan fingerprint density at radius 2 is 1.83 bits per heavy atom. The number of aryl methyl sites for hydroxylation is 3. The highest BCUT2D eigenvalue weighted by molar-refractivity contribution is 5.95. The van der Waals surface area contributed by atoms with E-state index in [1.807, 2.05) is 65.0 Å². The van der Waals surface area contributed by atoms with Crippen molar-refractivity contribution in [3.05, 3.63) is 58.7 Å². The number of rotatable bonds is 5. The molecule has 122 valence electrons. The predicted octanol–water partition coefficient (Wildman–Crippen LogP) is 4.72. The Kier molecular flexibility index (Phi) is 5.43. The number of nitrogens with one attached hydrogen (secondary N) is 1. The summed E-state index contributed by atoms with van der Waals surface area (Å²) in [5.41, 5.74) is 5.32. The van der Waals surface area contributed by atoms with Gasteiger partial charge in [0, 0.05) is 5.69 Å². The summed E-state index contributed by atoms with van der Waals surface area (Å²) >= 11 is 0. The van der Waals surface area contributed by atoms with Crippen molar-refractivity contribution in [2.24, 2.45) is 0 Å². The van der Waals surface area contributed by atoms with Gasteiger partial charge in [0.15, 0.2) is 6.10 Å². The van der Waals surface area contributed by atoms with Gasteiger partial charge in [-0.1, -0.05) is 36.8 Å². The lowest BCUT2D eigenvalue weighted by molar-refractivity contribution is -0.122. The van der Waals surface area contributed by atoms with Crippen LogP contribution in [0.5, 0.6) is 5.75 Å². The number of anilines is 1. The summed E-state index contributed by atoms with van der Waals surface area (Å²) in [6, 6.07) is 11.9. The minimum absolute atomic E-state index is 0.110. The monoisotopic (exact) mass is 311 g/mol. The molecule has 23 heavy (non-hydrogen) atoms. The Morgan fingerprint density at radius 1 is 1.09 bits per heavy atom. The summed E-state index contributed by atoms with van der Waals surface area (Å²) in [6.07, 6.45) is 0.112. The second-order valence-electron chi connectivity index (χ2n) is 6.02. The lowest BCUT2D eigenvalue weighted by Gasteiger charge is -2.20. The van der Waals surface area contributed by atoms with Gasteiger partial charge in [0.05, 0.1) is 0 Å². The maximum atomic E-state index is 12.6. The minimum Gasteiger partial charge on any atom is -0.480 e. The highest BCUT2D eigenvalue weighted by Gasteiger charge is 2.20. The number of carbonyl (C=O) groups excluding carboxylic acids is 1. The predicted molar refractivity (Wildman–Crippen MR) is 95.2 cm³/mol. The van der Waals surface area contributed by atoms with E-state index in [1.165, 1.54) is 5.56 Å². The molecule has 0 saturated heterocycles. The number of hydrogen-bond acceptors (Lipinski definition) is 2. The van der Waals surface area contributed by atoms with E-state index in [0.29, 0.717) is 6.42 Å². The fourth-order valence-electron chi connectivity index (χ4n) is 2.51. The van der Waals surface area contributed by atoms with Gasteiger partial charge in [-0.25, -0.2) is 0 Å². The van der Waals surface area contributed by atoms with E-state index in [0.717, 1.165) is 28.1 Å². The van der Waals surface area contributed by atoms with Crippen LogP contribution < -0.4 is 10.1 Å². The van der Waals surface area contributed by atoms with Crippen LogP contribution in [0.2, 0.25) is 0 Å². The van der Waals surface area contributed by atoms with E-state index >= 15 is 0 Å². The first-order valence-corrected chi connectivity index (χ1v) is 8.03. The first-order chi connectivity index (χ1) is 10.9. The molecular formula is C20H25NO2. The van der Waals surface area contributed by atoms with E-state index in [4.69, 9.17) is 4.74 Å². The molecule has 3 nitrogen and oxygen atoms in total. The van der Waals surface area contributed by atoms with Crippen LogP contribution in [0.3, 0.4) is 0 Å². The zero-order valence-electron chi connectivity index (χ0n) is 14.6. The topological polar surface area (TPSA) is 38.3 Å². The molecule has 0 heterocycles. The van der Waals surface area contributed by atoms with Crippen molar-refractivity contribution in [2.45, 2.75) is 47.1 Å². The van der Waals surface area contributed by atoms with E-state index in [-0.39, 0.29) is 5.91 Å². The lowest BCUT2D eigenvalue weighted by atomic mass is 10.1. The Labute approximate surface area is 138 Å². The third-order valence-electron chi connectivity index (χ3n) is 4.13. The molecular weight excluding hydrogens is 286 g/mol. The lowest BCUT2D eigenvalue weighted by Crippen LogP contribution is -2.32. The summed E-state index contributed by atoms with van der Waals surface area (Å²) in [7, 11) is 0. The van der Waals surface area contributed by atoms with Gasteiger partial charge in [-0.05, 0) is 62.9 Å². The van der Waals surface area contributed by atoms with E-state index in [2.05, 4.69) is 11.4 Å². The molecule has 2 aromatic carbocycles. The number of benzene rings is 2. The van der Waals surface area contributed by atoms with Crippen LogP contribution in [0.1, 0.15) is 35.6 Å². The van der Waals surface area contributed by atoms with Gasteiger partial charge in [-0.2, -0.15) is 0 Å². The van der Waals surface area contributed by atoms with Crippen LogP contribution in [0.4, 0.5) is 5.69 Å². The molecule has 0 radical (unpaired) electrons.